The fourth-order valence-electron chi connectivity index (χ4n) is 3.18. The van der Waals surface area contributed by atoms with Gasteiger partial charge in [-0.3, -0.25) is 14.9 Å². The van der Waals surface area contributed by atoms with E-state index >= 15 is 0 Å². The van der Waals surface area contributed by atoms with Crippen LogP contribution in [0.15, 0.2) is 65.6 Å². The lowest BCUT2D eigenvalue weighted by molar-refractivity contribution is -0.384. The minimum absolute atomic E-state index is 0.159. The maximum atomic E-state index is 12.5. The van der Waals surface area contributed by atoms with Gasteiger partial charge >= 0.3 is 0 Å². The summed E-state index contributed by atoms with van der Waals surface area (Å²) in [6, 6.07) is 17.1. The number of nitrogens with one attached hydrogen (secondary N) is 2. The first-order chi connectivity index (χ1) is 13.1. The Balaban J connectivity index is 2.03. The number of hydrogen-bond acceptors (Lipinski definition) is 4. The predicted octanol–water partition coefficient (Wildman–Crippen LogP) is 3.97. The van der Waals surface area contributed by atoms with Crippen molar-refractivity contribution in [3.63, 3.8) is 0 Å². The molecule has 7 nitrogen and oxygen atoms in total. The topological polar surface area (TPSA) is 116 Å². The highest BCUT2D eigenvalue weighted by Gasteiger charge is 2.20. The molecule has 0 saturated carbocycles. The molecule has 0 aliphatic rings. The predicted molar refractivity (Wildman–Crippen MR) is 101 cm³/mol. The molecule has 7 heteroatoms. The summed E-state index contributed by atoms with van der Waals surface area (Å²) in [7, 11) is 0. The number of aromatic nitrogens is 2. The van der Waals surface area contributed by atoms with Gasteiger partial charge in [0, 0.05) is 34.3 Å². The van der Waals surface area contributed by atoms with Gasteiger partial charge in [-0.2, -0.15) is 5.26 Å². The standard InChI is InChI=1S/C20H12N4O3/c21-10-15-14(13-6-2-4-8-19(13)24(26)27)9-18(23-20(15)25)16-11-22-17-7-3-1-5-12(16)17/h1-9,11,22H,(H,23,25). The zero-order valence-corrected chi connectivity index (χ0v) is 13.9. The maximum absolute atomic E-state index is 12.5. The Kier molecular flexibility index (Phi) is 3.79. The molecule has 4 aromatic rings. The van der Waals surface area contributed by atoms with Crippen LogP contribution in [-0.2, 0) is 0 Å². The van der Waals surface area contributed by atoms with Crippen LogP contribution in [0.1, 0.15) is 5.56 Å². The van der Waals surface area contributed by atoms with Crippen molar-refractivity contribution in [2.45, 2.75) is 0 Å². The monoisotopic (exact) mass is 356 g/mol. The number of aromatic amines is 2. The van der Waals surface area contributed by atoms with Crippen LogP contribution in [0.3, 0.4) is 0 Å². The highest BCUT2D eigenvalue weighted by molar-refractivity contribution is 5.95. The van der Waals surface area contributed by atoms with E-state index < -0.39 is 10.5 Å². The number of hydrogen-bond donors (Lipinski definition) is 2. The molecule has 0 aliphatic carbocycles. The Hall–Kier alpha value is -4.18. The molecule has 27 heavy (non-hydrogen) atoms. The molecule has 0 amide bonds. The average Bonchev–Trinajstić information content (AvgIpc) is 3.11. The molecule has 2 aromatic carbocycles. The van der Waals surface area contributed by atoms with Crippen molar-refractivity contribution in [1.82, 2.24) is 9.97 Å². The third kappa shape index (κ3) is 2.65. The minimum atomic E-state index is -0.589. The fraction of sp³-hybridized carbons (Fsp3) is 0. The van der Waals surface area contributed by atoms with E-state index in [2.05, 4.69) is 9.97 Å². The van der Waals surface area contributed by atoms with Crippen molar-refractivity contribution in [2.24, 2.45) is 0 Å². The number of para-hydroxylation sites is 2. The van der Waals surface area contributed by atoms with Crippen molar-refractivity contribution in [1.29, 1.82) is 5.26 Å². The van der Waals surface area contributed by atoms with Gasteiger partial charge in [-0.15, -0.1) is 0 Å². The zero-order chi connectivity index (χ0) is 19.0. The van der Waals surface area contributed by atoms with Gasteiger partial charge < -0.3 is 9.97 Å². The molecule has 0 spiro atoms. The SMILES string of the molecule is N#Cc1c(-c2ccccc2[N+](=O)[O-])cc(-c2c[nH]c3ccccc23)[nH]c1=O. The molecule has 0 saturated heterocycles. The van der Waals surface area contributed by atoms with Crippen LogP contribution in [0, 0.1) is 21.4 Å². The van der Waals surface area contributed by atoms with Crippen LogP contribution >= 0.6 is 0 Å². The van der Waals surface area contributed by atoms with Gasteiger partial charge in [0.2, 0.25) is 0 Å². The summed E-state index contributed by atoms with van der Waals surface area (Å²) in [5, 5.41) is 21.7. The van der Waals surface area contributed by atoms with E-state index in [-0.39, 0.29) is 22.4 Å². The van der Waals surface area contributed by atoms with E-state index in [1.165, 1.54) is 12.1 Å². The number of benzene rings is 2. The van der Waals surface area contributed by atoms with Crippen LogP contribution in [-0.4, -0.2) is 14.9 Å². The molecule has 0 atom stereocenters. The number of rotatable bonds is 3. The zero-order valence-electron chi connectivity index (χ0n) is 13.9. The largest absolute Gasteiger partial charge is 0.360 e. The number of pyridine rings is 1. The summed E-state index contributed by atoms with van der Waals surface area (Å²) in [6.45, 7) is 0. The lowest BCUT2D eigenvalue weighted by Gasteiger charge is -2.08. The van der Waals surface area contributed by atoms with E-state index in [4.69, 9.17) is 0 Å². The number of nitro benzene ring substituents is 1. The van der Waals surface area contributed by atoms with Gasteiger partial charge in [0.15, 0.2) is 0 Å². The summed E-state index contributed by atoms with van der Waals surface area (Å²) < 4.78 is 0. The first-order valence-electron chi connectivity index (χ1n) is 8.08. The third-order valence-electron chi connectivity index (χ3n) is 4.42. The van der Waals surface area contributed by atoms with Crippen LogP contribution in [0.2, 0.25) is 0 Å². The molecule has 2 N–H and O–H groups in total. The van der Waals surface area contributed by atoms with E-state index in [1.807, 2.05) is 30.3 Å². The molecule has 0 bridgehead atoms. The fourth-order valence-corrected chi connectivity index (χ4v) is 3.18. The lowest BCUT2D eigenvalue weighted by Crippen LogP contribution is -2.13. The smallest absolute Gasteiger partial charge is 0.277 e. The number of nitriles is 1. The van der Waals surface area contributed by atoms with Crippen LogP contribution < -0.4 is 5.56 Å². The van der Waals surface area contributed by atoms with Crippen molar-refractivity contribution in [3.8, 4) is 28.5 Å². The van der Waals surface area contributed by atoms with Crippen LogP contribution in [0.4, 0.5) is 5.69 Å². The summed E-state index contributed by atoms with van der Waals surface area (Å²) in [5.74, 6) is 0. The van der Waals surface area contributed by atoms with Gasteiger partial charge in [0.1, 0.15) is 11.6 Å². The molecule has 4 rings (SSSR count). The summed E-state index contributed by atoms with van der Waals surface area (Å²) >= 11 is 0. The molecule has 130 valence electrons. The second-order valence-corrected chi connectivity index (χ2v) is 5.93. The third-order valence-corrected chi connectivity index (χ3v) is 4.42. The van der Waals surface area contributed by atoms with Gasteiger partial charge in [-0.25, -0.2) is 0 Å². The molecule has 2 heterocycles. The van der Waals surface area contributed by atoms with Gasteiger partial charge in [0.05, 0.1) is 16.2 Å². The molecule has 0 radical (unpaired) electrons. The van der Waals surface area contributed by atoms with E-state index in [0.29, 0.717) is 5.69 Å². The lowest BCUT2D eigenvalue weighted by atomic mass is 9.97. The van der Waals surface area contributed by atoms with Crippen LogP contribution in [0.5, 0.6) is 0 Å². The molecule has 0 aliphatic heterocycles. The highest BCUT2D eigenvalue weighted by Crippen LogP contribution is 2.34. The first-order valence-corrected chi connectivity index (χ1v) is 8.08. The Bertz CT molecular complexity index is 1290. The summed E-state index contributed by atoms with van der Waals surface area (Å²) in [4.78, 5) is 29.2. The number of nitro groups is 1. The quantitative estimate of drug-likeness (QED) is 0.427. The van der Waals surface area contributed by atoms with E-state index in [0.717, 1.165) is 16.5 Å². The highest BCUT2D eigenvalue weighted by atomic mass is 16.6. The molecule has 0 unspecified atom stereocenters. The van der Waals surface area contributed by atoms with Crippen molar-refractivity contribution >= 4 is 16.6 Å². The Morgan fingerprint density at radius 3 is 2.52 bits per heavy atom. The molecular formula is C20H12N4O3. The Labute approximate surface area is 152 Å². The summed E-state index contributed by atoms with van der Waals surface area (Å²) in [5.41, 5.74) is 1.66. The Morgan fingerprint density at radius 1 is 1.00 bits per heavy atom. The summed E-state index contributed by atoms with van der Waals surface area (Å²) in [6.07, 6.45) is 1.76. The molecule has 0 fully saturated rings. The minimum Gasteiger partial charge on any atom is -0.360 e. The van der Waals surface area contributed by atoms with Gasteiger partial charge in [0.25, 0.3) is 11.2 Å². The average molecular weight is 356 g/mol. The van der Waals surface area contributed by atoms with Gasteiger partial charge in [-0.1, -0.05) is 30.3 Å². The van der Waals surface area contributed by atoms with Crippen LogP contribution in [0.25, 0.3) is 33.3 Å². The van der Waals surface area contributed by atoms with E-state index in [9.17, 15) is 20.2 Å². The molecular weight excluding hydrogens is 344 g/mol. The molecule has 2 aromatic heterocycles. The van der Waals surface area contributed by atoms with Crippen molar-refractivity contribution in [3.05, 3.63) is 86.8 Å². The maximum Gasteiger partial charge on any atom is 0.277 e. The number of nitrogens with zero attached hydrogens (tertiary/aromatic N) is 2. The van der Waals surface area contributed by atoms with Crippen molar-refractivity contribution in [2.75, 3.05) is 0 Å². The normalized spacial score (nSPS) is 10.6. The second kappa shape index (κ2) is 6.28. The first kappa shape index (κ1) is 16.3. The Morgan fingerprint density at radius 2 is 1.74 bits per heavy atom. The van der Waals surface area contributed by atoms with E-state index in [1.54, 1.807) is 24.4 Å². The number of H-pyrrole nitrogens is 2. The van der Waals surface area contributed by atoms with Crippen molar-refractivity contribution < 1.29 is 4.92 Å². The second-order valence-electron chi connectivity index (χ2n) is 5.93. The number of fused-ring (bicyclic) bond motifs is 1. The van der Waals surface area contributed by atoms with Gasteiger partial charge in [-0.05, 0) is 18.2 Å².